The highest BCUT2D eigenvalue weighted by atomic mass is 14.9. The van der Waals surface area contributed by atoms with Gasteiger partial charge in [-0.3, -0.25) is 0 Å². The smallest absolute Gasteiger partial charge is 0.0294 e. The van der Waals surface area contributed by atoms with E-state index in [4.69, 9.17) is 0 Å². The van der Waals surface area contributed by atoms with E-state index < -0.39 is 0 Å². The van der Waals surface area contributed by atoms with Gasteiger partial charge in [-0.1, -0.05) is 82.7 Å². The second kappa shape index (κ2) is 10.9. The van der Waals surface area contributed by atoms with E-state index >= 15 is 0 Å². The van der Waals surface area contributed by atoms with Crippen molar-refractivity contribution in [3.8, 4) is 0 Å². The molecule has 0 fully saturated rings. The third-order valence-corrected chi connectivity index (χ3v) is 4.10. The van der Waals surface area contributed by atoms with E-state index in [1.165, 1.54) is 56.9 Å². The van der Waals surface area contributed by atoms with E-state index in [9.17, 15) is 0 Å². The maximum atomic E-state index is 3.85. The summed E-state index contributed by atoms with van der Waals surface area (Å²) in [6.07, 6.45) is 10.7. The number of nitrogens with one attached hydrogen (secondary N) is 1. The lowest BCUT2D eigenvalue weighted by atomic mass is 9.99. The molecule has 0 aliphatic rings. The molecule has 0 spiro atoms. The van der Waals surface area contributed by atoms with Gasteiger partial charge in [-0.15, -0.1) is 0 Å². The van der Waals surface area contributed by atoms with Gasteiger partial charge in [-0.2, -0.15) is 0 Å². The van der Waals surface area contributed by atoms with Gasteiger partial charge in [0, 0.05) is 12.1 Å². The summed E-state index contributed by atoms with van der Waals surface area (Å²) in [5.74, 6) is 0. The van der Waals surface area contributed by atoms with Crippen molar-refractivity contribution in [2.45, 2.75) is 84.2 Å². The van der Waals surface area contributed by atoms with Crippen LogP contribution in [0.2, 0.25) is 0 Å². The Morgan fingerprint density at radius 3 is 1.90 bits per heavy atom. The van der Waals surface area contributed by atoms with Crippen LogP contribution in [-0.2, 0) is 0 Å². The molecule has 1 aromatic carbocycles. The summed E-state index contributed by atoms with van der Waals surface area (Å²) in [6, 6.07) is 12.0. The number of hydrogen-bond donors (Lipinski definition) is 1. The van der Waals surface area contributed by atoms with Crippen molar-refractivity contribution in [1.82, 2.24) is 5.32 Å². The number of unbranched alkanes of at least 4 members (excludes halogenated alkanes) is 4. The molecule has 1 atom stereocenters. The van der Waals surface area contributed by atoms with Crippen LogP contribution in [0.3, 0.4) is 0 Å². The SMILES string of the molecule is CCCCCC(CCCCC)N[C@@H](C)c1ccccc1. The minimum atomic E-state index is 0.462. The molecule has 20 heavy (non-hydrogen) atoms. The Balaban J connectivity index is 2.44. The van der Waals surface area contributed by atoms with Gasteiger partial charge in [0.2, 0.25) is 0 Å². The minimum Gasteiger partial charge on any atom is -0.307 e. The Labute approximate surface area is 126 Å². The summed E-state index contributed by atoms with van der Waals surface area (Å²) in [7, 11) is 0. The predicted octanol–water partition coefficient (Wildman–Crippen LogP) is 5.87. The van der Waals surface area contributed by atoms with E-state index in [-0.39, 0.29) is 0 Å². The first-order valence-corrected chi connectivity index (χ1v) is 8.58. The summed E-state index contributed by atoms with van der Waals surface area (Å²) in [4.78, 5) is 0. The largest absolute Gasteiger partial charge is 0.307 e. The van der Waals surface area contributed by atoms with Gasteiger partial charge in [0.05, 0.1) is 0 Å². The van der Waals surface area contributed by atoms with Crippen LogP contribution < -0.4 is 5.32 Å². The molecule has 1 heteroatoms. The van der Waals surface area contributed by atoms with Crippen LogP contribution in [0.25, 0.3) is 0 Å². The lowest BCUT2D eigenvalue weighted by Gasteiger charge is -2.24. The molecular weight excluding hydrogens is 242 g/mol. The monoisotopic (exact) mass is 275 g/mol. The van der Waals surface area contributed by atoms with Crippen molar-refractivity contribution in [1.29, 1.82) is 0 Å². The van der Waals surface area contributed by atoms with Crippen LogP contribution in [0.5, 0.6) is 0 Å². The number of hydrogen-bond acceptors (Lipinski definition) is 1. The van der Waals surface area contributed by atoms with Crippen molar-refractivity contribution in [3.05, 3.63) is 35.9 Å². The van der Waals surface area contributed by atoms with Crippen LogP contribution >= 0.6 is 0 Å². The fourth-order valence-corrected chi connectivity index (χ4v) is 2.78. The molecule has 0 unspecified atom stereocenters. The van der Waals surface area contributed by atoms with Crippen LogP contribution in [0, 0.1) is 0 Å². The molecule has 1 aromatic rings. The second-order valence-electron chi connectivity index (χ2n) is 5.99. The molecule has 114 valence electrons. The molecule has 1 nitrogen and oxygen atoms in total. The van der Waals surface area contributed by atoms with Gasteiger partial charge in [-0.25, -0.2) is 0 Å². The predicted molar refractivity (Wildman–Crippen MR) is 90.1 cm³/mol. The van der Waals surface area contributed by atoms with E-state index in [0.717, 1.165) is 0 Å². The van der Waals surface area contributed by atoms with Crippen LogP contribution in [0.15, 0.2) is 30.3 Å². The van der Waals surface area contributed by atoms with Crippen molar-refractivity contribution >= 4 is 0 Å². The minimum absolute atomic E-state index is 0.462. The lowest BCUT2D eigenvalue weighted by molar-refractivity contribution is 0.384. The topological polar surface area (TPSA) is 12.0 Å². The highest BCUT2D eigenvalue weighted by Crippen LogP contribution is 2.17. The summed E-state index contributed by atoms with van der Waals surface area (Å²) in [5, 5.41) is 3.85. The van der Waals surface area contributed by atoms with E-state index in [1.807, 2.05) is 0 Å². The van der Waals surface area contributed by atoms with Gasteiger partial charge in [0.15, 0.2) is 0 Å². The first-order chi connectivity index (χ1) is 9.77. The molecule has 1 rings (SSSR count). The summed E-state index contributed by atoms with van der Waals surface area (Å²) in [5.41, 5.74) is 1.41. The maximum Gasteiger partial charge on any atom is 0.0294 e. The molecule has 0 bridgehead atoms. The van der Waals surface area contributed by atoms with Crippen molar-refractivity contribution in [2.75, 3.05) is 0 Å². The van der Waals surface area contributed by atoms with Gasteiger partial charge in [0.1, 0.15) is 0 Å². The number of benzene rings is 1. The molecule has 0 aliphatic carbocycles. The highest BCUT2D eigenvalue weighted by Gasteiger charge is 2.12. The molecule has 0 saturated heterocycles. The Morgan fingerprint density at radius 1 is 0.850 bits per heavy atom. The second-order valence-corrected chi connectivity index (χ2v) is 5.99. The summed E-state index contributed by atoms with van der Waals surface area (Å²) >= 11 is 0. The average Bonchev–Trinajstić information content (AvgIpc) is 2.48. The molecule has 0 aliphatic heterocycles. The van der Waals surface area contributed by atoms with Crippen molar-refractivity contribution in [3.63, 3.8) is 0 Å². The third-order valence-electron chi connectivity index (χ3n) is 4.10. The Bertz CT molecular complexity index is 310. The third kappa shape index (κ3) is 7.09. The molecule has 0 heterocycles. The lowest BCUT2D eigenvalue weighted by Crippen LogP contribution is -2.31. The van der Waals surface area contributed by atoms with E-state index in [0.29, 0.717) is 12.1 Å². The van der Waals surface area contributed by atoms with Gasteiger partial charge in [0.25, 0.3) is 0 Å². The van der Waals surface area contributed by atoms with Crippen molar-refractivity contribution < 1.29 is 0 Å². The molecule has 0 radical (unpaired) electrons. The average molecular weight is 275 g/mol. The molecule has 0 saturated carbocycles. The van der Waals surface area contributed by atoms with Gasteiger partial charge in [-0.05, 0) is 25.3 Å². The quantitative estimate of drug-likeness (QED) is 0.498. The van der Waals surface area contributed by atoms with Crippen LogP contribution in [0.4, 0.5) is 0 Å². The zero-order valence-electron chi connectivity index (χ0n) is 13.7. The fourth-order valence-electron chi connectivity index (χ4n) is 2.78. The summed E-state index contributed by atoms with van der Waals surface area (Å²) in [6.45, 7) is 6.86. The zero-order chi connectivity index (χ0) is 14.6. The summed E-state index contributed by atoms with van der Waals surface area (Å²) < 4.78 is 0. The van der Waals surface area contributed by atoms with Gasteiger partial charge >= 0.3 is 0 Å². The normalized spacial score (nSPS) is 12.8. The first-order valence-electron chi connectivity index (χ1n) is 8.58. The van der Waals surface area contributed by atoms with Crippen molar-refractivity contribution in [2.24, 2.45) is 0 Å². The standard InChI is InChI=1S/C19H33N/c1-4-6-9-15-19(16-10-7-5-2)20-17(3)18-13-11-8-12-14-18/h8,11-14,17,19-20H,4-7,9-10,15-16H2,1-3H3/t17-/m0/s1. The Morgan fingerprint density at radius 2 is 1.40 bits per heavy atom. The first kappa shape index (κ1) is 17.2. The Kier molecular flexibility index (Phi) is 9.40. The van der Waals surface area contributed by atoms with Crippen LogP contribution in [0.1, 0.15) is 83.7 Å². The van der Waals surface area contributed by atoms with E-state index in [1.54, 1.807) is 0 Å². The maximum absolute atomic E-state index is 3.85. The van der Waals surface area contributed by atoms with Gasteiger partial charge < -0.3 is 5.32 Å². The molecule has 0 aromatic heterocycles. The molecule has 1 N–H and O–H groups in total. The Hall–Kier alpha value is -0.820. The molecule has 0 amide bonds. The fraction of sp³-hybridized carbons (Fsp3) is 0.684. The van der Waals surface area contributed by atoms with Crippen LogP contribution in [-0.4, -0.2) is 6.04 Å². The highest BCUT2D eigenvalue weighted by molar-refractivity contribution is 5.18. The van der Waals surface area contributed by atoms with E-state index in [2.05, 4.69) is 56.4 Å². The zero-order valence-corrected chi connectivity index (χ0v) is 13.7. The number of rotatable bonds is 11. The molecular formula is C19H33N.